The van der Waals surface area contributed by atoms with Crippen molar-refractivity contribution in [2.24, 2.45) is 0 Å². The predicted octanol–water partition coefficient (Wildman–Crippen LogP) is 2.77. The number of hydrogen-bond acceptors (Lipinski definition) is 4. The number of urea groups is 1. The van der Waals surface area contributed by atoms with Crippen molar-refractivity contribution in [3.8, 4) is 5.75 Å². The zero-order valence-corrected chi connectivity index (χ0v) is 12.7. The second kappa shape index (κ2) is 5.73. The van der Waals surface area contributed by atoms with Crippen LogP contribution < -0.4 is 15.4 Å². The highest BCUT2D eigenvalue weighted by Gasteiger charge is 2.31. The molecule has 21 heavy (non-hydrogen) atoms. The quantitative estimate of drug-likeness (QED) is 0.916. The van der Waals surface area contributed by atoms with E-state index in [1.807, 2.05) is 38.1 Å². The van der Waals surface area contributed by atoms with Gasteiger partial charge in [0.15, 0.2) is 0 Å². The highest BCUT2D eigenvalue weighted by atomic mass is 32.1. The number of hydrogen-bond donors (Lipinski definition) is 2. The van der Waals surface area contributed by atoms with Gasteiger partial charge < -0.3 is 15.4 Å². The number of rotatable bonds is 3. The van der Waals surface area contributed by atoms with Crippen molar-refractivity contribution >= 4 is 17.4 Å². The minimum Gasteiger partial charge on any atom is -0.488 e. The van der Waals surface area contributed by atoms with Crippen LogP contribution in [0.5, 0.6) is 5.75 Å². The second-order valence-electron chi connectivity index (χ2n) is 5.03. The zero-order valence-electron chi connectivity index (χ0n) is 11.9. The van der Waals surface area contributed by atoms with Crippen LogP contribution in [-0.4, -0.2) is 17.1 Å². The van der Waals surface area contributed by atoms with Gasteiger partial charge in [-0.3, -0.25) is 0 Å². The molecule has 0 bridgehead atoms. The third-order valence-electron chi connectivity index (χ3n) is 3.58. The topological polar surface area (TPSA) is 63.2 Å². The van der Waals surface area contributed by atoms with Crippen molar-refractivity contribution in [1.29, 1.82) is 0 Å². The van der Waals surface area contributed by atoms with Gasteiger partial charge in [-0.15, -0.1) is 11.3 Å². The molecule has 2 N–H and O–H groups in total. The molecule has 0 fully saturated rings. The van der Waals surface area contributed by atoms with Gasteiger partial charge in [-0.1, -0.05) is 18.2 Å². The van der Waals surface area contributed by atoms with Crippen LogP contribution in [0, 0.1) is 6.92 Å². The first-order valence-corrected chi connectivity index (χ1v) is 7.72. The third-order valence-corrected chi connectivity index (χ3v) is 4.51. The average molecular weight is 303 g/mol. The van der Waals surface area contributed by atoms with Gasteiger partial charge in [0.2, 0.25) is 0 Å². The van der Waals surface area contributed by atoms with E-state index >= 15 is 0 Å². The Balaban J connectivity index is 1.61. The Bertz CT molecular complexity index is 656. The molecule has 0 saturated heterocycles. The molecular formula is C15H17N3O2S. The monoisotopic (exact) mass is 303 g/mol. The van der Waals surface area contributed by atoms with Crippen LogP contribution in [0.25, 0.3) is 0 Å². The van der Waals surface area contributed by atoms with Gasteiger partial charge in [0.25, 0.3) is 0 Å². The molecule has 0 saturated carbocycles. The van der Waals surface area contributed by atoms with E-state index in [2.05, 4.69) is 15.6 Å². The Morgan fingerprint density at radius 1 is 1.43 bits per heavy atom. The van der Waals surface area contributed by atoms with Gasteiger partial charge in [-0.2, -0.15) is 0 Å². The van der Waals surface area contributed by atoms with Gasteiger partial charge in [0, 0.05) is 10.4 Å². The number of aryl methyl sites for hydroxylation is 1. The molecule has 110 valence electrons. The maximum absolute atomic E-state index is 12.1. The van der Waals surface area contributed by atoms with Crippen molar-refractivity contribution in [2.45, 2.75) is 32.5 Å². The number of benzene rings is 1. The fourth-order valence-electron chi connectivity index (χ4n) is 2.41. The van der Waals surface area contributed by atoms with E-state index in [0.717, 1.165) is 21.9 Å². The summed E-state index contributed by atoms with van der Waals surface area (Å²) in [5.41, 5.74) is 3.77. The molecule has 0 aliphatic carbocycles. The number of para-hydroxylation sites is 1. The lowest BCUT2D eigenvalue weighted by molar-refractivity contribution is 0.199. The van der Waals surface area contributed by atoms with Crippen molar-refractivity contribution in [1.82, 2.24) is 15.6 Å². The first-order chi connectivity index (χ1) is 10.1. The van der Waals surface area contributed by atoms with Gasteiger partial charge in [0.1, 0.15) is 11.9 Å². The predicted molar refractivity (Wildman–Crippen MR) is 81.5 cm³/mol. The summed E-state index contributed by atoms with van der Waals surface area (Å²) in [5, 5.41) is 5.84. The fraction of sp³-hybridized carbons (Fsp3) is 0.333. The van der Waals surface area contributed by atoms with Crippen LogP contribution in [0.15, 0.2) is 29.8 Å². The molecule has 1 aliphatic rings. The largest absolute Gasteiger partial charge is 0.488 e. The van der Waals surface area contributed by atoms with E-state index in [4.69, 9.17) is 4.74 Å². The van der Waals surface area contributed by atoms with Crippen LogP contribution in [0.3, 0.4) is 0 Å². The maximum atomic E-state index is 12.1. The summed E-state index contributed by atoms with van der Waals surface area (Å²) in [6, 6.07) is 7.47. The average Bonchev–Trinajstić information content (AvgIpc) is 3.01. The molecule has 1 aliphatic heterocycles. The summed E-state index contributed by atoms with van der Waals surface area (Å²) >= 11 is 1.55. The summed E-state index contributed by atoms with van der Waals surface area (Å²) in [6.45, 7) is 4.39. The van der Waals surface area contributed by atoms with Gasteiger partial charge >= 0.3 is 6.03 Å². The van der Waals surface area contributed by atoms with Crippen LogP contribution >= 0.6 is 11.3 Å². The molecule has 1 aromatic carbocycles. The molecule has 5 nitrogen and oxygen atoms in total. The number of amides is 2. The fourth-order valence-corrected chi connectivity index (χ4v) is 3.13. The van der Waals surface area contributed by atoms with Crippen LogP contribution in [0.1, 0.15) is 29.1 Å². The Kier molecular flexibility index (Phi) is 3.79. The van der Waals surface area contributed by atoms with E-state index < -0.39 is 0 Å². The number of ether oxygens (including phenoxy) is 1. The molecule has 2 heterocycles. The normalized spacial score (nSPS) is 19.7. The number of aromatic nitrogens is 1. The summed E-state index contributed by atoms with van der Waals surface area (Å²) < 4.78 is 5.74. The smallest absolute Gasteiger partial charge is 0.315 e. The molecule has 6 heteroatoms. The lowest BCUT2D eigenvalue weighted by atomic mass is 10.1. The Morgan fingerprint density at radius 2 is 2.24 bits per heavy atom. The number of carbonyl (C=O) groups excluding carboxylic acids is 1. The van der Waals surface area contributed by atoms with E-state index in [0.29, 0.717) is 6.54 Å². The lowest BCUT2D eigenvalue weighted by Crippen LogP contribution is -2.40. The van der Waals surface area contributed by atoms with Crippen molar-refractivity contribution in [3.63, 3.8) is 0 Å². The summed E-state index contributed by atoms with van der Waals surface area (Å²) in [6.07, 6.45) is -0.0710. The van der Waals surface area contributed by atoms with E-state index in [-0.39, 0.29) is 18.2 Å². The van der Waals surface area contributed by atoms with E-state index in [1.165, 1.54) is 0 Å². The summed E-state index contributed by atoms with van der Waals surface area (Å²) in [5.74, 6) is 0.841. The number of carbonyl (C=O) groups is 1. The molecule has 2 atom stereocenters. The third kappa shape index (κ3) is 2.85. The molecule has 0 spiro atoms. The van der Waals surface area contributed by atoms with Gasteiger partial charge in [0.05, 0.1) is 23.8 Å². The Morgan fingerprint density at radius 3 is 3.00 bits per heavy atom. The van der Waals surface area contributed by atoms with Crippen LogP contribution in [0.4, 0.5) is 4.79 Å². The Hall–Kier alpha value is -2.08. The molecule has 3 rings (SSSR count). The maximum Gasteiger partial charge on any atom is 0.315 e. The SMILES string of the molecule is Cc1ncsc1CNC(=O)NC1c2ccccc2OC1C. The number of nitrogens with one attached hydrogen (secondary N) is 2. The standard InChI is InChI=1S/C15H17N3O2S/c1-9-13(21-8-17-9)7-16-15(19)18-14-10(2)20-12-6-4-3-5-11(12)14/h3-6,8,10,14H,7H2,1-2H3,(H2,16,18,19). The van der Waals surface area contributed by atoms with Crippen LogP contribution in [-0.2, 0) is 6.54 Å². The van der Waals surface area contributed by atoms with Gasteiger partial charge in [-0.25, -0.2) is 9.78 Å². The molecule has 2 aromatic rings. The van der Waals surface area contributed by atoms with Crippen molar-refractivity contribution < 1.29 is 9.53 Å². The first-order valence-electron chi connectivity index (χ1n) is 6.84. The zero-order chi connectivity index (χ0) is 14.8. The van der Waals surface area contributed by atoms with Gasteiger partial charge in [-0.05, 0) is 19.9 Å². The van der Waals surface area contributed by atoms with Crippen molar-refractivity contribution in [2.75, 3.05) is 0 Å². The Labute approximate surface area is 127 Å². The lowest BCUT2D eigenvalue weighted by Gasteiger charge is -2.17. The first kappa shape index (κ1) is 13.9. The highest BCUT2D eigenvalue weighted by Crippen LogP contribution is 2.35. The molecular weight excluding hydrogens is 286 g/mol. The summed E-state index contributed by atoms with van der Waals surface area (Å²) in [7, 11) is 0. The van der Waals surface area contributed by atoms with E-state index in [1.54, 1.807) is 16.8 Å². The minimum atomic E-state index is -0.194. The molecule has 2 amide bonds. The summed E-state index contributed by atoms with van der Waals surface area (Å²) in [4.78, 5) is 17.3. The number of fused-ring (bicyclic) bond motifs is 1. The number of nitrogens with zero attached hydrogens (tertiary/aromatic N) is 1. The van der Waals surface area contributed by atoms with Crippen LogP contribution in [0.2, 0.25) is 0 Å². The van der Waals surface area contributed by atoms with Crippen molar-refractivity contribution in [3.05, 3.63) is 45.9 Å². The molecule has 1 aromatic heterocycles. The second-order valence-corrected chi connectivity index (χ2v) is 5.97. The highest BCUT2D eigenvalue weighted by molar-refractivity contribution is 7.09. The number of thiazole rings is 1. The molecule has 0 radical (unpaired) electrons. The molecule has 2 unspecified atom stereocenters. The minimum absolute atomic E-state index is 0.0710. The van der Waals surface area contributed by atoms with E-state index in [9.17, 15) is 4.79 Å².